The Kier molecular flexibility index (Phi) is 8.47. The highest BCUT2D eigenvalue weighted by molar-refractivity contribution is 5.85. The number of carbonyl (C=O) groups excluding carboxylic acids is 1. The molecule has 2 saturated heterocycles. The smallest absolute Gasteiger partial charge is 0.223 e. The van der Waals surface area contributed by atoms with E-state index in [0.29, 0.717) is 12.0 Å². The molecule has 22 heavy (non-hydrogen) atoms. The minimum atomic E-state index is 0. The Balaban J connectivity index is 0.00000121. The predicted octanol–water partition coefficient (Wildman–Crippen LogP) is 2.07. The van der Waals surface area contributed by atoms with Crippen LogP contribution < -0.4 is 10.6 Å². The van der Waals surface area contributed by atoms with E-state index < -0.39 is 0 Å². The maximum Gasteiger partial charge on any atom is 0.223 e. The first-order valence-electron chi connectivity index (χ1n) is 8.46. The molecule has 2 heterocycles. The third kappa shape index (κ3) is 4.98. The summed E-state index contributed by atoms with van der Waals surface area (Å²) in [5, 5.41) is 6.52. The van der Waals surface area contributed by atoms with Gasteiger partial charge in [-0.25, -0.2) is 0 Å². The fourth-order valence-corrected chi connectivity index (χ4v) is 3.89. The van der Waals surface area contributed by atoms with E-state index in [1.54, 1.807) is 0 Å². The fraction of sp³-hybridized carbons (Fsp3) is 0.938. The molecule has 130 valence electrons. The van der Waals surface area contributed by atoms with E-state index in [-0.39, 0.29) is 36.6 Å². The molecule has 1 aliphatic carbocycles. The number of hydrogen-bond donors (Lipinski definition) is 2. The molecule has 6 heteroatoms. The summed E-state index contributed by atoms with van der Waals surface area (Å²) in [6, 6.07) is 0.388. The molecule has 1 saturated carbocycles. The Morgan fingerprint density at radius 3 is 2.50 bits per heavy atom. The van der Waals surface area contributed by atoms with Crippen molar-refractivity contribution in [3.05, 3.63) is 0 Å². The molecule has 2 atom stereocenters. The molecule has 2 unspecified atom stereocenters. The monoisotopic (exact) mass is 351 g/mol. The highest BCUT2D eigenvalue weighted by Gasteiger charge is 2.32. The van der Waals surface area contributed by atoms with E-state index in [0.717, 1.165) is 32.0 Å². The van der Waals surface area contributed by atoms with Crippen molar-refractivity contribution in [3.8, 4) is 0 Å². The topological polar surface area (TPSA) is 44.4 Å². The lowest BCUT2D eigenvalue weighted by Gasteiger charge is -2.32. The number of nitrogens with one attached hydrogen (secondary N) is 2. The van der Waals surface area contributed by atoms with Crippen LogP contribution in [0, 0.1) is 17.8 Å². The van der Waals surface area contributed by atoms with E-state index in [4.69, 9.17) is 0 Å². The van der Waals surface area contributed by atoms with Crippen LogP contribution in [0.3, 0.4) is 0 Å². The molecule has 0 aromatic heterocycles. The van der Waals surface area contributed by atoms with Crippen molar-refractivity contribution in [1.82, 2.24) is 15.5 Å². The lowest BCUT2D eigenvalue weighted by atomic mass is 9.88. The third-order valence-electron chi connectivity index (χ3n) is 5.54. The van der Waals surface area contributed by atoms with Crippen LogP contribution in [0.15, 0.2) is 0 Å². The van der Waals surface area contributed by atoms with Crippen LogP contribution in [0.25, 0.3) is 0 Å². The molecule has 0 bridgehead atoms. The molecular formula is C16H31Cl2N3O. The van der Waals surface area contributed by atoms with Crippen LogP contribution in [0.5, 0.6) is 0 Å². The first-order chi connectivity index (χ1) is 9.72. The van der Waals surface area contributed by atoms with Crippen LogP contribution in [-0.2, 0) is 4.79 Å². The Labute approximate surface area is 147 Å². The second-order valence-corrected chi connectivity index (χ2v) is 7.11. The number of amides is 1. The Bertz CT molecular complexity index is 346. The van der Waals surface area contributed by atoms with E-state index in [9.17, 15) is 4.79 Å². The van der Waals surface area contributed by atoms with Gasteiger partial charge in [0.15, 0.2) is 0 Å². The van der Waals surface area contributed by atoms with E-state index in [1.807, 2.05) is 0 Å². The SMILES string of the molecule is CC(C(=O)NC1CCN(CC2CCCC2)C1)C1CNC1.Cl.Cl. The molecule has 2 aliphatic heterocycles. The molecular weight excluding hydrogens is 321 g/mol. The minimum Gasteiger partial charge on any atom is -0.352 e. The second kappa shape index (κ2) is 9.31. The fourth-order valence-electron chi connectivity index (χ4n) is 3.89. The van der Waals surface area contributed by atoms with E-state index in [2.05, 4.69) is 22.5 Å². The Morgan fingerprint density at radius 1 is 1.23 bits per heavy atom. The van der Waals surface area contributed by atoms with Gasteiger partial charge in [0.2, 0.25) is 5.91 Å². The number of rotatable bonds is 5. The number of likely N-dealkylation sites (tertiary alicyclic amines) is 1. The van der Waals surface area contributed by atoms with Crippen LogP contribution in [0.1, 0.15) is 39.0 Å². The molecule has 1 amide bonds. The summed E-state index contributed by atoms with van der Waals surface area (Å²) in [5.41, 5.74) is 0. The number of nitrogens with zero attached hydrogens (tertiary/aromatic N) is 1. The van der Waals surface area contributed by atoms with Gasteiger partial charge in [0, 0.05) is 31.6 Å². The van der Waals surface area contributed by atoms with Gasteiger partial charge in [-0.2, -0.15) is 0 Å². The van der Waals surface area contributed by atoms with Gasteiger partial charge in [0.05, 0.1) is 0 Å². The molecule has 0 spiro atoms. The number of carbonyl (C=O) groups is 1. The maximum atomic E-state index is 12.2. The van der Waals surface area contributed by atoms with Crippen LogP contribution >= 0.6 is 24.8 Å². The van der Waals surface area contributed by atoms with Crippen molar-refractivity contribution in [2.24, 2.45) is 17.8 Å². The standard InChI is InChI=1S/C16H29N3O.2ClH/c1-12(14-8-17-9-14)16(20)18-15-6-7-19(11-15)10-13-4-2-3-5-13;;/h12-15,17H,2-11H2,1H3,(H,18,20);2*1H. The summed E-state index contributed by atoms with van der Waals surface area (Å²) in [5.74, 6) is 1.90. The average Bonchev–Trinajstić information content (AvgIpc) is 2.99. The van der Waals surface area contributed by atoms with Crippen LogP contribution in [0.4, 0.5) is 0 Å². The van der Waals surface area contributed by atoms with Gasteiger partial charge in [-0.15, -0.1) is 24.8 Å². The van der Waals surface area contributed by atoms with E-state index in [1.165, 1.54) is 38.8 Å². The predicted molar refractivity (Wildman–Crippen MR) is 95.0 cm³/mol. The summed E-state index contributed by atoms with van der Waals surface area (Å²) in [6.07, 6.45) is 6.81. The van der Waals surface area contributed by atoms with Gasteiger partial charge in [-0.1, -0.05) is 19.8 Å². The zero-order valence-corrected chi connectivity index (χ0v) is 15.2. The lowest BCUT2D eigenvalue weighted by molar-refractivity contribution is -0.127. The van der Waals surface area contributed by atoms with Crippen molar-refractivity contribution in [3.63, 3.8) is 0 Å². The summed E-state index contributed by atoms with van der Waals surface area (Å²) in [6.45, 7) is 7.58. The summed E-state index contributed by atoms with van der Waals surface area (Å²) < 4.78 is 0. The zero-order chi connectivity index (χ0) is 13.9. The summed E-state index contributed by atoms with van der Waals surface area (Å²) in [4.78, 5) is 14.8. The van der Waals surface area contributed by atoms with E-state index >= 15 is 0 Å². The lowest BCUT2D eigenvalue weighted by Crippen LogP contribution is -2.51. The minimum absolute atomic E-state index is 0. The normalized spacial score (nSPS) is 27.6. The highest BCUT2D eigenvalue weighted by atomic mass is 35.5. The quantitative estimate of drug-likeness (QED) is 0.796. The van der Waals surface area contributed by atoms with Gasteiger partial charge < -0.3 is 15.5 Å². The largest absolute Gasteiger partial charge is 0.352 e. The van der Waals surface area contributed by atoms with Crippen molar-refractivity contribution in [1.29, 1.82) is 0 Å². The van der Waals surface area contributed by atoms with Gasteiger partial charge in [-0.05, 0) is 44.2 Å². The number of hydrogen-bond acceptors (Lipinski definition) is 3. The zero-order valence-electron chi connectivity index (χ0n) is 13.6. The highest BCUT2D eigenvalue weighted by Crippen LogP contribution is 2.26. The van der Waals surface area contributed by atoms with Gasteiger partial charge in [-0.3, -0.25) is 4.79 Å². The summed E-state index contributed by atoms with van der Waals surface area (Å²) in [7, 11) is 0. The molecule has 4 nitrogen and oxygen atoms in total. The molecule has 0 aromatic rings. The van der Waals surface area contributed by atoms with Crippen molar-refractivity contribution in [2.45, 2.75) is 45.1 Å². The van der Waals surface area contributed by atoms with Gasteiger partial charge in [0.1, 0.15) is 0 Å². The molecule has 3 aliphatic rings. The summed E-state index contributed by atoms with van der Waals surface area (Å²) >= 11 is 0. The van der Waals surface area contributed by atoms with Gasteiger partial charge in [0.25, 0.3) is 0 Å². The second-order valence-electron chi connectivity index (χ2n) is 7.11. The molecule has 2 N–H and O–H groups in total. The first kappa shape index (κ1) is 20.0. The molecule has 3 fully saturated rings. The Morgan fingerprint density at radius 2 is 1.91 bits per heavy atom. The average molecular weight is 352 g/mol. The van der Waals surface area contributed by atoms with Crippen molar-refractivity contribution < 1.29 is 4.79 Å². The molecule has 0 aromatic carbocycles. The van der Waals surface area contributed by atoms with Crippen molar-refractivity contribution >= 4 is 30.7 Å². The van der Waals surface area contributed by atoms with Crippen LogP contribution in [0.2, 0.25) is 0 Å². The van der Waals surface area contributed by atoms with Crippen LogP contribution in [-0.4, -0.2) is 49.6 Å². The maximum absolute atomic E-state index is 12.2. The molecule has 0 radical (unpaired) electrons. The Hall–Kier alpha value is -0.0300. The molecule has 3 rings (SSSR count). The number of halogens is 2. The van der Waals surface area contributed by atoms with Gasteiger partial charge >= 0.3 is 0 Å². The first-order valence-corrected chi connectivity index (χ1v) is 8.46. The van der Waals surface area contributed by atoms with Crippen molar-refractivity contribution in [2.75, 3.05) is 32.7 Å². The third-order valence-corrected chi connectivity index (χ3v) is 5.54.